The molecule has 0 radical (unpaired) electrons. The summed E-state index contributed by atoms with van der Waals surface area (Å²) in [5, 5.41) is 13.8. The number of anilines is 2. The fourth-order valence-electron chi connectivity index (χ4n) is 4.71. The van der Waals surface area contributed by atoms with E-state index in [4.69, 9.17) is 11.5 Å². The number of nitrogens with zero attached hydrogens (tertiary/aromatic N) is 5. The van der Waals surface area contributed by atoms with Crippen LogP contribution in [0, 0.1) is 0 Å². The average Bonchev–Trinajstić information content (AvgIpc) is 3.46. The molecule has 2 aromatic heterocycles. The fraction of sp³-hybridized carbons (Fsp3) is 0.269. The summed E-state index contributed by atoms with van der Waals surface area (Å²) in [4.78, 5) is 11.1. The fourth-order valence-corrected chi connectivity index (χ4v) is 4.71. The minimum atomic E-state index is 0.169. The summed E-state index contributed by atoms with van der Waals surface area (Å²) < 4.78 is 1.91. The first-order valence-corrected chi connectivity index (χ1v) is 11.5. The molecule has 4 aromatic rings. The molecule has 174 valence electrons. The minimum absolute atomic E-state index is 0.169. The van der Waals surface area contributed by atoms with Crippen molar-refractivity contribution in [1.29, 1.82) is 0 Å². The van der Waals surface area contributed by atoms with Crippen molar-refractivity contribution in [3.63, 3.8) is 0 Å². The van der Waals surface area contributed by atoms with Gasteiger partial charge in [0.15, 0.2) is 5.82 Å². The van der Waals surface area contributed by atoms with Gasteiger partial charge in [0.1, 0.15) is 11.8 Å². The molecule has 0 saturated carbocycles. The lowest BCUT2D eigenvalue weighted by Gasteiger charge is -2.14. The average molecular weight is 456 g/mol. The summed E-state index contributed by atoms with van der Waals surface area (Å²) in [5.41, 5.74) is 19.2. The number of aliphatic hydroxyl groups excluding tert-OH is 1. The van der Waals surface area contributed by atoms with E-state index in [9.17, 15) is 5.11 Å². The number of rotatable bonds is 7. The molecule has 2 aromatic carbocycles. The van der Waals surface area contributed by atoms with Gasteiger partial charge in [0, 0.05) is 47.7 Å². The van der Waals surface area contributed by atoms with E-state index in [1.54, 1.807) is 0 Å². The number of β-amino-alcohol motifs (C(OH)–C–C–N with tert-alkyl or cyclic N) is 1. The number of aliphatic hydroxyl groups is 1. The van der Waals surface area contributed by atoms with Crippen LogP contribution in [0.3, 0.4) is 0 Å². The predicted molar refractivity (Wildman–Crippen MR) is 136 cm³/mol. The molecule has 5 N–H and O–H groups in total. The van der Waals surface area contributed by atoms with Crippen molar-refractivity contribution in [2.24, 2.45) is 4.99 Å². The summed E-state index contributed by atoms with van der Waals surface area (Å²) in [6.45, 7) is 3.31. The first-order chi connectivity index (χ1) is 16.6. The molecule has 8 nitrogen and oxygen atoms in total. The molecule has 1 atom stereocenters. The van der Waals surface area contributed by atoms with E-state index in [0.29, 0.717) is 30.5 Å². The van der Waals surface area contributed by atoms with Crippen LogP contribution in [0.2, 0.25) is 0 Å². The van der Waals surface area contributed by atoms with Crippen LogP contribution in [0.25, 0.3) is 16.6 Å². The number of fused-ring (bicyclic) bond motifs is 1. The maximum absolute atomic E-state index is 9.30. The van der Waals surface area contributed by atoms with Crippen molar-refractivity contribution in [3.05, 3.63) is 77.7 Å². The molecule has 3 heterocycles. The van der Waals surface area contributed by atoms with Gasteiger partial charge in [-0.05, 0) is 36.2 Å². The zero-order valence-electron chi connectivity index (χ0n) is 19.0. The molecule has 1 aliphatic rings. The highest BCUT2D eigenvalue weighted by Crippen LogP contribution is 2.36. The summed E-state index contributed by atoms with van der Waals surface area (Å²) in [5.74, 6) is 0.748. The normalized spacial score (nSPS) is 16.7. The highest BCUT2D eigenvalue weighted by molar-refractivity contribution is 5.93. The summed E-state index contributed by atoms with van der Waals surface area (Å²) >= 11 is 0. The molecule has 5 rings (SSSR count). The van der Waals surface area contributed by atoms with Crippen molar-refractivity contribution >= 4 is 23.2 Å². The Kier molecular flexibility index (Phi) is 6.24. The minimum Gasteiger partial charge on any atom is -0.398 e. The maximum Gasteiger partial charge on any atom is 0.151 e. The Morgan fingerprint density at radius 3 is 2.76 bits per heavy atom. The molecule has 1 fully saturated rings. The lowest BCUT2D eigenvalue weighted by molar-refractivity contribution is 0.220. The van der Waals surface area contributed by atoms with Gasteiger partial charge in [-0.1, -0.05) is 42.5 Å². The highest BCUT2D eigenvalue weighted by Gasteiger charge is 2.28. The molecule has 1 aliphatic heterocycles. The van der Waals surface area contributed by atoms with Crippen molar-refractivity contribution < 1.29 is 5.11 Å². The van der Waals surface area contributed by atoms with Gasteiger partial charge in [-0.15, -0.1) is 0 Å². The Balaban J connectivity index is 1.45. The van der Waals surface area contributed by atoms with E-state index in [1.165, 1.54) is 6.33 Å². The van der Waals surface area contributed by atoms with E-state index >= 15 is 0 Å². The second-order valence-corrected chi connectivity index (χ2v) is 8.70. The summed E-state index contributed by atoms with van der Waals surface area (Å²) in [6, 6.07) is 18.3. The van der Waals surface area contributed by atoms with Crippen LogP contribution in [0.1, 0.15) is 29.2 Å². The number of aliphatic imine (C=N–C) groups is 1. The Bertz CT molecular complexity index is 1320. The largest absolute Gasteiger partial charge is 0.398 e. The number of benzene rings is 2. The van der Waals surface area contributed by atoms with Crippen LogP contribution in [-0.2, 0) is 6.54 Å². The quantitative estimate of drug-likeness (QED) is 0.291. The number of nitrogens with two attached hydrogens (primary N) is 2. The van der Waals surface area contributed by atoms with E-state index in [0.717, 1.165) is 53.0 Å². The molecule has 1 saturated heterocycles. The van der Waals surface area contributed by atoms with Crippen molar-refractivity contribution in [3.8, 4) is 11.1 Å². The highest BCUT2D eigenvalue weighted by atomic mass is 16.3. The molecule has 0 bridgehead atoms. The third-order valence-electron chi connectivity index (χ3n) is 6.46. The first kappa shape index (κ1) is 22.1. The molecular formula is C26H29N7O. The van der Waals surface area contributed by atoms with Crippen LogP contribution in [0.4, 0.5) is 11.5 Å². The second-order valence-electron chi connectivity index (χ2n) is 8.70. The number of likely N-dealkylation sites (tertiary alicyclic amines) is 1. The number of hydrogen-bond donors (Lipinski definition) is 3. The summed E-state index contributed by atoms with van der Waals surface area (Å²) in [6.07, 6.45) is 4.33. The molecular weight excluding hydrogens is 426 g/mol. The van der Waals surface area contributed by atoms with Gasteiger partial charge in [-0.3, -0.25) is 4.99 Å². The lowest BCUT2D eigenvalue weighted by atomic mass is 10.0. The number of nitrogen functional groups attached to an aromatic ring is 2. The SMILES string of the molecule is Nc1cc(-c2cc(C3CCN(CCO)C3)n3ncnc(N)c23)ccc1C=NCc1ccccc1. The smallest absolute Gasteiger partial charge is 0.151 e. The molecule has 0 aliphatic carbocycles. The predicted octanol–water partition coefficient (Wildman–Crippen LogP) is 2.96. The zero-order chi connectivity index (χ0) is 23.5. The van der Waals surface area contributed by atoms with Crippen LogP contribution >= 0.6 is 0 Å². The van der Waals surface area contributed by atoms with Crippen LogP contribution in [0.15, 0.2) is 65.9 Å². The monoisotopic (exact) mass is 455 g/mol. The Morgan fingerprint density at radius 1 is 1.12 bits per heavy atom. The second kappa shape index (κ2) is 9.62. The molecule has 34 heavy (non-hydrogen) atoms. The Hall–Kier alpha value is -3.75. The van der Waals surface area contributed by atoms with E-state index in [-0.39, 0.29) is 6.61 Å². The lowest BCUT2D eigenvalue weighted by Crippen LogP contribution is -2.24. The molecule has 8 heteroatoms. The van der Waals surface area contributed by atoms with E-state index < -0.39 is 0 Å². The van der Waals surface area contributed by atoms with Gasteiger partial charge in [0.05, 0.1) is 13.2 Å². The van der Waals surface area contributed by atoms with Crippen molar-refractivity contribution in [2.75, 3.05) is 37.7 Å². The van der Waals surface area contributed by atoms with Gasteiger partial charge in [0.25, 0.3) is 0 Å². The standard InChI is InChI=1S/C26H29N7O/c27-23-12-19(6-7-20(23)15-29-14-18-4-2-1-3-5-18)22-13-24(21-8-9-32(16-21)10-11-34)33-25(22)26(28)30-17-31-33/h1-7,12-13,15,17,21,34H,8-11,14,16,27H2,(H2,28,30,31). The molecule has 1 unspecified atom stereocenters. The van der Waals surface area contributed by atoms with Crippen LogP contribution in [0.5, 0.6) is 0 Å². The van der Waals surface area contributed by atoms with Gasteiger partial charge < -0.3 is 21.5 Å². The third-order valence-corrected chi connectivity index (χ3v) is 6.46. The van der Waals surface area contributed by atoms with Crippen molar-refractivity contribution in [2.45, 2.75) is 18.9 Å². The zero-order valence-corrected chi connectivity index (χ0v) is 19.0. The van der Waals surface area contributed by atoms with Crippen LogP contribution in [-0.4, -0.2) is 57.1 Å². The van der Waals surface area contributed by atoms with Gasteiger partial charge in [-0.2, -0.15) is 5.10 Å². The third kappa shape index (κ3) is 4.37. The molecule has 0 spiro atoms. The van der Waals surface area contributed by atoms with Crippen molar-refractivity contribution in [1.82, 2.24) is 19.5 Å². The van der Waals surface area contributed by atoms with Gasteiger partial charge in [-0.25, -0.2) is 9.50 Å². The molecule has 0 amide bonds. The first-order valence-electron chi connectivity index (χ1n) is 11.5. The van der Waals surface area contributed by atoms with E-state index in [1.807, 2.05) is 47.1 Å². The Morgan fingerprint density at radius 2 is 1.97 bits per heavy atom. The van der Waals surface area contributed by atoms with Crippen LogP contribution < -0.4 is 11.5 Å². The van der Waals surface area contributed by atoms with Gasteiger partial charge in [0.2, 0.25) is 0 Å². The maximum atomic E-state index is 9.30. The number of aromatic nitrogens is 3. The van der Waals surface area contributed by atoms with Gasteiger partial charge >= 0.3 is 0 Å². The van der Waals surface area contributed by atoms with E-state index in [2.05, 4.69) is 38.2 Å². The summed E-state index contributed by atoms with van der Waals surface area (Å²) in [7, 11) is 0. The number of hydrogen-bond acceptors (Lipinski definition) is 7. The Labute approximate surface area is 198 Å². The topological polar surface area (TPSA) is 118 Å².